The van der Waals surface area contributed by atoms with Gasteiger partial charge in [0, 0.05) is 42.8 Å². The molecule has 3 aromatic carbocycles. The lowest BCUT2D eigenvalue weighted by Gasteiger charge is -2.36. The van der Waals surface area contributed by atoms with E-state index in [1.165, 1.54) is 0 Å². The largest absolute Gasteiger partial charge is 0.366 e. The van der Waals surface area contributed by atoms with Gasteiger partial charge < -0.3 is 15.1 Å². The van der Waals surface area contributed by atoms with Crippen molar-refractivity contribution in [2.75, 3.05) is 36.4 Å². The molecule has 1 fully saturated rings. The van der Waals surface area contributed by atoms with Gasteiger partial charge >= 0.3 is 0 Å². The van der Waals surface area contributed by atoms with Gasteiger partial charge in [0.25, 0.3) is 5.91 Å². The SMILES string of the molecule is CC(C)(C)c1ccc(C(=O)NC(=S)Nc2cc(Cl)ccc2N2CCN(C(=O)/C=C/c3ccccc3)CC2)cc1. The first-order chi connectivity index (χ1) is 18.6. The van der Waals surface area contributed by atoms with Crippen LogP contribution in [0.2, 0.25) is 5.02 Å². The molecule has 0 spiro atoms. The molecule has 0 saturated carbocycles. The molecule has 0 atom stereocenters. The van der Waals surface area contributed by atoms with E-state index in [1.54, 1.807) is 24.3 Å². The Morgan fingerprint density at radius 2 is 1.59 bits per heavy atom. The summed E-state index contributed by atoms with van der Waals surface area (Å²) >= 11 is 11.8. The molecule has 8 heteroatoms. The number of rotatable bonds is 5. The van der Waals surface area contributed by atoms with E-state index in [1.807, 2.05) is 65.6 Å². The molecular formula is C31H33ClN4O2S. The fourth-order valence-corrected chi connectivity index (χ4v) is 4.71. The normalized spacial score (nSPS) is 13.8. The van der Waals surface area contributed by atoms with Crippen LogP contribution in [0.5, 0.6) is 0 Å². The number of nitrogens with zero attached hydrogens (tertiary/aromatic N) is 2. The van der Waals surface area contributed by atoms with Gasteiger partial charge in [-0.15, -0.1) is 0 Å². The Balaban J connectivity index is 1.36. The maximum Gasteiger partial charge on any atom is 0.257 e. The zero-order valence-corrected chi connectivity index (χ0v) is 24.0. The minimum atomic E-state index is -0.285. The molecule has 4 rings (SSSR count). The van der Waals surface area contributed by atoms with Crippen molar-refractivity contribution < 1.29 is 9.59 Å². The van der Waals surface area contributed by atoms with Crippen LogP contribution in [0.15, 0.2) is 78.9 Å². The number of benzene rings is 3. The van der Waals surface area contributed by atoms with Crippen LogP contribution >= 0.6 is 23.8 Å². The zero-order valence-electron chi connectivity index (χ0n) is 22.4. The van der Waals surface area contributed by atoms with Gasteiger partial charge in [-0.2, -0.15) is 0 Å². The molecule has 1 aliphatic heterocycles. The molecule has 2 amide bonds. The Morgan fingerprint density at radius 3 is 2.23 bits per heavy atom. The number of halogens is 1. The van der Waals surface area contributed by atoms with Crippen LogP contribution in [0.1, 0.15) is 42.3 Å². The smallest absolute Gasteiger partial charge is 0.257 e. The third-order valence-corrected chi connectivity index (χ3v) is 7.04. The van der Waals surface area contributed by atoms with Gasteiger partial charge in [-0.05, 0) is 65.2 Å². The molecule has 6 nitrogen and oxygen atoms in total. The first-order valence-corrected chi connectivity index (χ1v) is 13.7. The number of nitrogens with one attached hydrogen (secondary N) is 2. The molecule has 0 radical (unpaired) electrons. The standard InChI is InChI=1S/C31H33ClN4O2S/c1-31(2,3)24-12-10-23(11-13-24)29(38)34-30(39)33-26-21-25(32)14-15-27(26)35-17-19-36(20-18-35)28(37)16-9-22-7-5-4-6-8-22/h4-16,21H,17-20H2,1-3H3,(H2,33,34,38,39)/b16-9+. The summed E-state index contributed by atoms with van der Waals surface area (Å²) in [6, 6.07) is 22.8. The van der Waals surface area contributed by atoms with Gasteiger partial charge in [-0.1, -0.05) is 74.8 Å². The first kappa shape index (κ1) is 28.3. The highest BCUT2D eigenvalue weighted by Gasteiger charge is 2.22. The van der Waals surface area contributed by atoms with Crippen molar-refractivity contribution in [2.24, 2.45) is 0 Å². The number of amides is 2. The predicted octanol–water partition coefficient (Wildman–Crippen LogP) is 6.13. The molecule has 0 aromatic heterocycles. The van der Waals surface area contributed by atoms with Crippen molar-refractivity contribution in [3.63, 3.8) is 0 Å². The van der Waals surface area contributed by atoms with Crippen LogP contribution in [-0.2, 0) is 10.2 Å². The van der Waals surface area contributed by atoms with E-state index in [2.05, 4.69) is 36.3 Å². The average Bonchev–Trinajstić information content (AvgIpc) is 2.92. The van der Waals surface area contributed by atoms with Crippen LogP contribution in [0.3, 0.4) is 0 Å². The second-order valence-electron chi connectivity index (χ2n) is 10.5. The van der Waals surface area contributed by atoms with E-state index in [0.717, 1.165) is 16.8 Å². The Morgan fingerprint density at radius 1 is 0.923 bits per heavy atom. The lowest BCUT2D eigenvalue weighted by molar-refractivity contribution is -0.126. The summed E-state index contributed by atoms with van der Waals surface area (Å²) in [6.45, 7) is 8.87. The van der Waals surface area contributed by atoms with Crippen LogP contribution in [0.4, 0.5) is 11.4 Å². The molecule has 1 aliphatic rings. The van der Waals surface area contributed by atoms with Crippen molar-refractivity contribution >= 4 is 58.2 Å². The van der Waals surface area contributed by atoms with Gasteiger partial charge in [0.15, 0.2) is 5.11 Å². The number of piperazine rings is 1. The maximum absolute atomic E-state index is 12.8. The molecule has 39 heavy (non-hydrogen) atoms. The molecule has 1 heterocycles. The second-order valence-corrected chi connectivity index (χ2v) is 11.3. The second kappa shape index (κ2) is 12.5. The van der Waals surface area contributed by atoms with Crippen molar-refractivity contribution in [1.29, 1.82) is 0 Å². The Hall–Kier alpha value is -3.68. The average molecular weight is 561 g/mol. The Kier molecular flexibility index (Phi) is 9.04. The number of anilines is 2. The van der Waals surface area contributed by atoms with Gasteiger partial charge in [-0.3, -0.25) is 14.9 Å². The fourth-order valence-electron chi connectivity index (χ4n) is 4.34. The van der Waals surface area contributed by atoms with E-state index in [-0.39, 0.29) is 22.3 Å². The van der Waals surface area contributed by atoms with E-state index in [4.69, 9.17) is 23.8 Å². The molecule has 1 saturated heterocycles. The number of thiocarbonyl (C=S) groups is 1. The maximum atomic E-state index is 12.8. The predicted molar refractivity (Wildman–Crippen MR) is 165 cm³/mol. The third-order valence-electron chi connectivity index (χ3n) is 6.60. The van der Waals surface area contributed by atoms with Gasteiger partial charge in [0.1, 0.15) is 0 Å². The lowest BCUT2D eigenvalue weighted by Crippen LogP contribution is -2.48. The van der Waals surface area contributed by atoms with Crippen LogP contribution < -0.4 is 15.5 Å². The van der Waals surface area contributed by atoms with Crippen molar-refractivity contribution in [1.82, 2.24) is 10.2 Å². The molecular weight excluding hydrogens is 528 g/mol. The summed E-state index contributed by atoms with van der Waals surface area (Å²) < 4.78 is 0. The van der Waals surface area contributed by atoms with Crippen molar-refractivity contribution in [2.45, 2.75) is 26.2 Å². The highest BCUT2D eigenvalue weighted by molar-refractivity contribution is 7.80. The Labute approximate surface area is 240 Å². The number of carbonyl (C=O) groups excluding carboxylic acids is 2. The van der Waals surface area contributed by atoms with Gasteiger partial charge in [0.2, 0.25) is 5.91 Å². The summed E-state index contributed by atoms with van der Waals surface area (Å²) in [5.41, 5.74) is 4.27. The molecule has 3 aromatic rings. The molecule has 0 bridgehead atoms. The summed E-state index contributed by atoms with van der Waals surface area (Å²) in [6.07, 6.45) is 3.46. The van der Waals surface area contributed by atoms with E-state index in [9.17, 15) is 9.59 Å². The molecule has 2 N–H and O–H groups in total. The Bertz CT molecular complexity index is 1360. The van der Waals surface area contributed by atoms with Crippen molar-refractivity contribution in [3.05, 3.63) is 101 Å². The highest BCUT2D eigenvalue weighted by Crippen LogP contribution is 2.30. The minimum Gasteiger partial charge on any atom is -0.366 e. The quantitative estimate of drug-likeness (QED) is 0.290. The molecule has 0 aliphatic carbocycles. The third kappa shape index (κ3) is 7.68. The summed E-state index contributed by atoms with van der Waals surface area (Å²) in [7, 11) is 0. The number of hydrogen-bond acceptors (Lipinski definition) is 4. The highest BCUT2D eigenvalue weighted by atomic mass is 35.5. The number of hydrogen-bond donors (Lipinski definition) is 2. The van der Waals surface area contributed by atoms with Gasteiger partial charge in [0.05, 0.1) is 11.4 Å². The van der Waals surface area contributed by atoms with Crippen LogP contribution in [-0.4, -0.2) is 48.0 Å². The first-order valence-electron chi connectivity index (χ1n) is 12.9. The number of carbonyl (C=O) groups is 2. The monoisotopic (exact) mass is 560 g/mol. The van der Waals surface area contributed by atoms with Crippen molar-refractivity contribution in [3.8, 4) is 0 Å². The van der Waals surface area contributed by atoms with E-state index < -0.39 is 0 Å². The summed E-state index contributed by atoms with van der Waals surface area (Å²) in [5.74, 6) is -0.292. The van der Waals surface area contributed by atoms with E-state index in [0.29, 0.717) is 42.5 Å². The fraction of sp³-hybridized carbons (Fsp3) is 0.258. The summed E-state index contributed by atoms with van der Waals surface area (Å²) in [4.78, 5) is 29.5. The molecule has 0 unspecified atom stereocenters. The van der Waals surface area contributed by atoms with E-state index >= 15 is 0 Å². The minimum absolute atomic E-state index is 0.00642. The molecule has 202 valence electrons. The van der Waals surface area contributed by atoms with Gasteiger partial charge in [-0.25, -0.2) is 0 Å². The lowest BCUT2D eigenvalue weighted by atomic mass is 9.87. The summed E-state index contributed by atoms with van der Waals surface area (Å²) in [5, 5.41) is 6.63. The zero-order chi connectivity index (χ0) is 28.0. The van der Waals surface area contributed by atoms with Crippen LogP contribution in [0, 0.1) is 0 Å². The topological polar surface area (TPSA) is 64.7 Å². The van der Waals surface area contributed by atoms with Crippen LogP contribution in [0.25, 0.3) is 6.08 Å².